The maximum Gasteiger partial charge on any atom is 0.167 e. The molecule has 4 nitrogen and oxygen atoms in total. The van der Waals surface area contributed by atoms with E-state index in [1.165, 1.54) is 0 Å². The average molecular weight is 345 g/mol. The molecule has 2 aromatic rings. The van der Waals surface area contributed by atoms with Gasteiger partial charge >= 0.3 is 0 Å². The lowest BCUT2D eigenvalue weighted by Gasteiger charge is -2.08. The highest BCUT2D eigenvalue weighted by molar-refractivity contribution is 14.1. The molecule has 1 heterocycles. The second-order valence-corrected chi connectivity index (χ2v) is 4.60. The molecule has 0 aliphatic carbocycles. The average Bonchev–Trinajstić information content (AvgIpc) is 2.63. The highest BCUT2D eigenvalue weighted by atomic mass is 127. The molecule has 0 spiro atoms. The molecule has 0 bridgehead atoms. The normalized spacial score (nSPS) is 10.8. The number of benzene rings is 1. The van der Waals surface area contributed by atoms with Gasteiger partial charge in [-0.1, -0.05) is 12.1 Å². The Balaban J connectivity index is 2.85. The summed E-state index contributed by atoms with van der Waals surface area (Å²) in [4.78, 5) is 11.2. The third kappa shape index (κ3) is 1.93. The molecule has 0 aliphatic rings. The number of para-hydroxylation sites is 1. The molecular formula is C12H12INO3. The summed E-state index contributed by atoms with van der Waals surface area (Å²) in [6, 6.07) is 5.76. The van der Waals surface area contributed by atoms with E-state index in [-0.39, 0.29) is 0 Å². The molecule has 0 saturated heterocycles. The minimum absolute atomic E-state index is 0.327. The topological polar surface area (TPSA) is 40.5 Å². The molecule has 0 radical (unpaired) electrons. The second kappa shape index (κ2) is 5.05. The quantitative estimate of drug-likeness (QED) is 0.632. The molecule has 0 unspecified atom stereocenters. The van der Waals surface area contributed by atoms with Gasteiger partial charge in [0.2, 0.25) is 0 Å². The van der Waals surface area contributed by atoms with Crippen LogP contribution in [-0.4, -0.2) is 25.1 Å². The van der Waals surface area contributed by atoms with Crippen molar-refractivity contribution in [1.82, 2.24) is 4.57 Å². The zero-order valence-electron chi connectivity index (χ0n) is 9.57. The summed E-state index contributed by atoms with van der Waals surface area (Å²) in [7, 11) is 3.22. The SMILES string of the molecule is COCn1c(C=O)c(I)c2cccc(OC)c21. The summed E-state index contributed by atoms with van der Waals surface area (Å²) in [5.41, 5.74) is 1.51. The molecule has 5 heteroatoms. The first kappa shape index (κ1) is 12.4. The third-order valence-electron chi connectivity index (χ3n) is 2.61. The number of halogens is 1. The molecule has 1 aromatic heterocycles. The maximum atomic E-state index is 11.2. The first-order valence-corrected chi connectivity index (χ1v) is 6.11. The molecule has 1 aromatic carbocycles. The maximum absolute atomic E-state index is 11.2. The lowest BCUT2D eigenvalue weighted by Crippen LogP contribution is -2.05. The summed E-state index contributed by atoms with van der Waals surface area (Å²) >= 11 is 2.17. The van der Waals surface area contributed by atoms with Crippen LogP contribution in [0.15, 0.2) is 18.2 Å². The summed E-state index contributed by atoms with van der Waals surface area (Å²) in [5, 5.41) is 1.00. The number of aldehydes is 1. The van der Waals surface area contributed by atoms with Gasteiger partial charge in [0.05, 0.1) is 18.3 Å². The fourth-order valence-corrected chi connectivity index (χ4v) is 2.75. The Bertz CT molecular complexity index is 562. The highest BCUT2D eigenvalue weighted by Crippen LogP contribution is 2.33. The van der Waals surface area contributed by atoms with Gasteiger partial charge in [-0.2, -0.15) is 0 Å². The Kier molecular flexibility index (Phi) is 3.68. The molecule has 17 heavy (non-hydrogen) atoms. The van der Waals surface area contributed by atoms with Crippen molar-refractivity contribution in [3.8, 4) is 5.75 Å². The summed E-state index contributed by atoms with van der Waals surface area (Å²) in [5.74, 6) is 0.741. The Morgan fingerprint density at radius 2 is 2.18 bits per heavy atom. The fraction of sp³-hybridized carbons (Fsp3) is 0.250. The van der Waals surface area contributed by atoms with E-state index in [1.807, 2.05) is 22.8 Å². The summed E-state index contributed by atoms with van der Waals surface area (Å²) in [6.45, 7) is 0.327. The van der Waals surface area contributed by atoms with Gasteiger partial charge in [-0.15, -0.1) is 0 Å². The number of aromatic nitrogens is 1. The standard InChI is InChI=1S/C12H12INO3/c1-16-7-14-9(6-15)11(13)8-4-3-5-10(17-2)12(8)14/h3-6H,7H2,1-2H3. The second-order valence-electron chi connectivity index (χ2n) is 3.52. The van der Waals surface area contributed by atoms with Crippen LogP contribution in [0.3, 0.4) is 0 Å². The Labute approximate surface area is 113 Å². The van der Waals surface area contributed by atoms with Gasteiger partial charge in [0.25, 0.3) is 0 Å². The Morgan fingerprint density at radius 1 is 1.41 bits per heavy atom. The van der Waals surface area contributed by atoms with E-state index in [0.717, 1.165) is 26.5 Å². The zero-order chi connectivity index (χ0) is 12.4. The lowest BCUT2D eigenvalue weighted by molar-refractivity contribution is 0.107. The van der Waals surface area contributed by atoms with Gasteiger partial charge in [0.1, 0.15) is 12.5 Å². The molecule has 0 saturated carbocycles. The highest BCUT2D eigenvalue weighted by Gasteiger charge is 2.17. The van der Waals surface area contributed by atoms with Crippen LogP contribution in [0.5, 0.6) is 5.75 Å². The van der Waals surface area contributed by atoms with Crippen molar-refractivity contribution in [2.75, 3.05) is 14.2 Å². The molecule has 90 valence electrons. The van der Waals surface area contributed by atoms with E-state index in [2.05, 4.69) is 22.6 Å². The van der Waals surface area contributed by atoms with Gasteiger partial charge in [-0.25, -0.2) is 0 Å². The molecule has 0 aliphatic heterocycles. The number of hydrogen-bond donors (Lipinski definition) is 0. The number of carbonyl (C=O) groups is 1. The smallest absolute Gasteiger partial charge is 0.167 e. The van der Waals surface area contributed by atoms with Crippen LogP contribution in [0.4, 0.5) is 0 Å². The van der Waals surface area contributed by atoms with E-state index in [0.29, 0.717) is 12.4 Å². The number of methoxy groups -OCH3 is 2. The van der Waals surface area contributed by atoms with Gasteiger partial charge in [-0.3, -0.25) is 4.79 Å². The minimum atomic E-state index is 0.327. The minimum Gasteiger partial charge on any atom is -0.495 e. The number of carbonyl (C=O) groups excluding carboxylic acids is 1. The van der Waals surface area contributed by atoms with Gasteiger partial charge in [-0.05, 0) is 28.7 Å². The molecule has 2 rings (SSSR count). The van der Waals surface area contributed by atoms with E-state index in [9.17, 15) is 4.79 Å². The van der Waals surface area contributed by atoms with Crippen molar-refractivity contribution >= 4 is 39.8 Å². The number of ether oxygens (including phenoxy) is 2. The first-order chi connectivity index (χ1) is 8.24. The third-order valence-corrected chi connectivity index (χ3v) is 3.74. The zero-order valence-corrected chi connectivity index (χ0v) is 11.7. The summed E-state index contributed by atoms with van der Waals surface area (Å²) < 4.78 is 13.2. The lowest BCUT2D eigenvalue weighted by atomic mass is 10.2. The number of nitrogens with zero attached hydrogens (tertiary/aromatic N) is 1. The first-order valence-electron chi connectivity index (χ1n) is 5.03. The van der Waals surface area contributed by atoms with Crippen LogP contribution in [-0.2, 0) is 11.5 Å². The van der Waals surface area contributed by atoms with E-state index < -0.39 is 0 Å². The van der Waals surface area contributed by atoms with E-state index in [4.69, 9.17) is 9.47 Å². The van der Waals surface area contributed by atoms with Crippen LogP contribution < -0.4 is 4.74 Å². The van der Waals surface area contributed by atoms with Crippen LogP contribution in [0.1, 0.15) is 10.5 Å². The molecular weight excluding hydrogens is 333 g/mol. The largest absolute Gasteiger partial charge is 0.495 e. The van der Waals surface area contributed by atoms with Crippen LogP contribution in [0.25, 0.3) is 10.9 Å². The molecule has 0 amide bonds. The van der Waals surface area contributed by atoms with Gasteiger partial charge in [0, 0.05) is 16.1 Å². The monoisotopic (exact) mass is 345 g/mol. The number of fused-ring (bicyclic) bond motifs is 1. The van der Waals surface area contributed by atoms with Crippen molar-refractivity contribution in [2.45, 2.75) is 6.73 Å². The predicted molar refractivity (Wildman–Crippen MR) is 73.6 cm³/mol. The number of hydrogen-bond acceptors (Lipinski definition) is 3. The molecule has 0 N–H and O–H groups in total. The summed E-state index contributed by atoms with van der Waals surface area (Å²) in [6.07, 6.45) is 0.847. The number of rotatable bonds is 4. The van der Waals surface area contributed by atoms with Crippen molar-refractivity contribution in [2.24, 2.45) is 0 Å². The van der Waals surface area contributed by atoms with Crippen molar-refractivity contribution in [3.05, 3.63) is 27.5 Å². The van der Waals surface area contributed by atoms with E-state index in [1.54, 1.807) is 14.2 Å². The van der Waals surface area contributed by atoms with Gasteiger partial charge < -0.3 is 14.0 Å². The van der Waals surface area contributed by atoms with E-state index >= 15 is 0 Å². The van der Waals surface area contributed by atoms with Crippen LogP contribution >= 0.6 is 22.6 Å². The van der Waals surface area contributed by atoms with Crippen molar-refractivity contribution in [3.63, 3.8) is 0 Å². The van der Waals surface area contributed by atoms with Crippen LogP contribution in [0, 0.1) is 3.57 Å². The Hall–Kier alpha value is -1.08. The predicted octanol–water partition coefficient (Wildman–Crippen LogP) is 2.67. The molecule has 0 fully saturated rings. The fourth-order valence-electron chi connectivity index (χ4n) is 1.90. The Morgan fingerprint density at radius 3 is 2.76 bits per heavy atom. The van der Waals surface area contributed by atoms with Crippen molar-refractivity contribution in [1.29, 1.82) is 0 Å². The molecule has 0 atom stereocenters. The van der Waals surface area contributed by atoms with Gasteiger partial charge in [0.15, 0.2) is 6.29 Å². The van der Waals surface area contributed by atoms with Crippen molar-refractivity contribution < 1.29 is 14.3 Å². The van der Waals surface area contributed by atoms with Crippen LogP contribution in [0.2, 0.25) is 0 Å².